The Morgan fingerprint density at radius 1 is 1.47 bits per heavy atom. The largest absolute Gasteiger partial charge is 0.480 e. The fourth-order valence-corrected chi connectivity index (χ4v) is 2.25. The number of likely N-dealkylation sites (N-methyl/N-ethyl adjacent to an activating group) is 1. The Morgan fingerprint density at radius 3 is 2.74 bits per heavy atom. The molecule has 0 bridgehead atoms. The van der Waals surface area contributed by atoms with E-state index in [0.717, 1.165) is 11.3 Å². The maximum absolute atomic E-state index is 12.3. The van der Waals surface area contributed by atoms with Crippen LogP contribution < -0.4 is 10.5 Å². The molecule has 2 rings (SSSR count). The van der Waals surface area contributed by atoms with Crippen molar-refractivity contribution in [1.29, 1.82) is 0 Å². The van der Waals surface area contributed by atoms with Gasteiger partial charge in [0.2, 0.25) is 0 Å². The molecule has 0 saturated heterocycles. The summed E-state index contributed by atoms with van der Waals surface area (Å²) in [5.41, 5.74) is 9.14. The normalized spacial score (nSPS) is 18.7. The lowest BCUT2D eigenvalue weighted by Gasteiger charge is -2.26. The van der Waals surface area contributed by atoms with Gasteiger partial charge < -0.3 is 15.4 Å². The van der Waals surface area contributed by atoms with E-state index in [2.05, 4.69) is 19.9 Å². The highest BCUT2D eigenvalue weighted by Gasteiger charge is 2.32. The molecule has 0 aromatic heterocycles. The van der Waals surface area contributed by atoms with E-state index in [1.165, 1.54) is 11.1 Å². The van der Waals surface area contributed by atoms with Crippen molar-refractivity contribution in [2.24, 2.45) is 5.73 Å². The van der Waals surface area contributed by atoms with Crippen LogP contribution >= 0.6 is 0 Å². The molecule has 0 fully saturated rings. The van der Waals surface area contributed by atoms with Crippen molar-refractivity contribution in [2.45, 2.75) is 39.3 Å². The summed E-state index contributed by atoms with van der Waals surface area (Å²) in [5, 5.41) is 0. The lowest BCUT2D eigenvalue weighted by molar-refractivity contribution is -0.138. The summed E-state index contributed by atoms with van der Waals surface area (Å²) >= 11 is 0. The minimum Gasteiger partial charge on any atom is -0.480 e. The third kappa shape index (κ3) is 2.59. The molecule has 0 radical (unpaired) electrons. The quantitative estimate of drug-likeness (QED) is 0.896. The zero-order valence-electron chi connectivity index (χ0n) is 12.1. The second kappa shape index (κ2) is 5.21. The summed E-state index contributed by atoms with van der Waals surface area (Å²) in [5.74, 6) is 0.847. The van der Waals surface area contributed by atoms with Crippen molar-refractivity contribution in [2.75, 3.05) is 13.6 Å². The van der Waals surface area contributed by atoms with E-state index in [9.17, 15) is 4.79 Å². The summed E-state index contributed by atoms with van der Waals surface area (Å²) in [6.07, 6.45) is 0.242. The van der Waals surface area contributed by atoms with Gasteiger partial charge in [-0.1, -0.05) is 6.07 Å². The van der Waals surface area contributed by atoms with Gasteiger partial charge in [-0.2, -0.15) is 0 Å². The Kier molecular flexibility index (Phi) is 3.80. The Bertz CT molecular complexity index is 468. The molecule has 1 aliphatic rings. The van der Waals surface area contributed by atoms with Gasteiger partial charge in [0.1, 0.15) is 5.75 Å². The zero-order valence-corrected chi connectivity index (χ0v) is 12.1. The monoisotopic (exact) mass is 262 g/mol. The molecule has 2 atom stereocenters. The standard InChI is InChI=1S/C15H22N2O2/c1-9-5-12-7-14(19-13(12)6-10(9)2)15(18)17(4)11(3)8-16/h5-6,11,14H,7-8,16H2,1-4H3. The number of benzene rings is 1. The number of rotatable bonds is 3. The summed E-state index contributed by atoms with van der Waals surface area (Å²) in [7, 11) is 1.78. The van der Waals surface area contributed by atoms with Crippen LogP contribution in [-0.4, -0.2) is 36.5 Å². The Labute approximate surface area is 114 Å². The van der Waals surface area contributed by atoms with E-state index < -0.39 is 6.10 Å². The maximum atomic E-state index is 12.3. The average molecular weight is 262 g/mol. The van der Waals surface area contributed by atoms with Gasteiger partial charge in [0, 0.05) is 26.1 Å². The third-order valence-electron chi connectivity index (χ3n) is 3.98. The second-order valence-electron chi connectivity index (χ2n) is 5.39. The molecule has 104 valence electrons. The molecule has 0 saturated carbocycles. The topological polar surface area (TPSA) is 55.6 Å². The van der Waals surface area contributed by atoms with Crippen molar-refractivity contribution >= 4 is 5.91 Å². The number of ether oxygens (including phenoxy) is 1. The molecule has 0 aliphatic carbocycles. The number of amides is 1. The number of hydrogen-bond donors (Lipinski definition) is 1. The first-order valence-corrected chi connectivity index (χ1v) is 6.67. The zero-order chi connectivity index (χ0) is 14.2. The highest BCUT2D eigenvalue weighted by atomic mass is 16.5. The van der Waals surface area contributed by atoms with Gasteiger partial charge in [-0.05, 0) is 43.5 Å². The van der Waals surface area contributed by atoms with Crippen LogP contribution in [0.5, 0.6) is 5.75 Å². The smallest absolute Gasteiger partial charge is 0.264 e. The summed E-state index contributed by atoms with van der Waals surface area (Å²) < 4.78 is 5.79. The molecule has 1 aromatic rings. The number of carbonyl (C=O) groups is 1. The van der Waals surface area contributed by atoms with E-state index in [4.69, 9.17) is 10.5 Å². The van der Waals surface area contributed by atoms with Crippen LogP contribution in [0.3, 0.4) is 0 Å². The van der Waals surface area contributed by atoms with Crippen molar-refractivity contribution in [3.8, 4) is 5.75 Å². The van der Waals surface area contributed by atoms with Crippen LogP contribution in [0.15, 0.2) is 12.1 Å². The third-order valence-corrected chi connectivity index (χ3v) is 3.98. The summed E-state index contributed by atoms with van der Waals surface area (Å²) in [6.45, 7) is 6.53. The number of nitrogens with two attached hydrogens (primary N) is 1. The Balaban J connectivity index is 2.13. The first-order chi connectivity index (χ1) is 8.93. The predicted molar refractivity (Wildman–Crippen MR) is 75.3 cm³/mol. The SMILES string of the molecule is Cc1cc2c(cc1C)OC(C(=O)N(C)C(C)CN)C2. The molecule has 4 nitrogen and oxygen atoms in total. The van der Waals surface area contributed by atoms with E-state index in [1.54, 1.807) is 11.9 Å². The van der Waals surface area contributed by atoms with Crippen LogP contribution in [0.25, 0.3) is 0 Å². The van der Waals surface area contributed by atoms with E-state index in [1.807, 2.05) is 13.0 Å². The Morgan fingerprint density at radius 2 is 2.11 bits per heavy atom. The first kappa shape index (κ1) is 13.9. The molecule has 1 heterocycles. The van der Waals surface area contributed by atoms with Crippen LogP contribution in [0.4, 0.5) is 0 Å². The number of aryl methyl sites for hydroxylation is 2. The van der Waals surface area contributed by atoms with Gasteiger partial charge in [0.15, 0.2) is 6.10 Å². The van der Waals surface area contributed by atoms with E-state index in [0.29, 0.717) is 13.0 Å². The molecule has 1 amide bonds. The highest BCUT2D eigenvalue weighted by molar-refractivity contribution is 5.82. The molecule has 0 spiro atoms. The predicted octanol–water partition coefficient (Wildman–Crippen LogP) is 1.41. The van der Waals surface area contributed by atoms with Crippen molar-refractivity contribution in [3.63, 3.8) is 0 Å². The lowest BCUT2D eigenvalue weighted by Crippen LogP contribution is -2.46. The molecule has 2 N–H and O–H groups in total. The van der Waals surface area contributed by atoms with E-state index in [-0.39, 0.29) is 11.9 Å². The molecule has 4 heteroatoms. The summed E-state index contributed by atoms with van der Waals surface area (Å²) in [6, 6.07) is 4.16. The first-order valence-electron chi connectivity index (χ1n) is 6.67. The fraction of sp³-hybridized carbons (Fsp3) is 0.533. The van der Waals surface area contributed by atoms with Crippen LogP contribution in [0, 0.1) is 13.8 Å². The number of fused-ring (bicyclic) bond motifs is 1. The van der Waals surface area contributed by atoms with Crippen LogP contribution in [-0.2, 0) is 11.2 Å². The fourth-order valence-electron chi connectivity index (χ4n) is 2.25. The minimum atomic E-state index is -0.407. The van der Waals surface area contributed by atoms with Gasteiger partial charge in [-0.25, -0.2) is 0 Å². The lowest BCUT2D eigenvalue weighted by atomic mass is 10.0. The van der Waals surface area contributed by atoms with Gasteiger partial charge in [-0.15, -0.1) is 0 Å². The summed E-state index contributed by atoms with van der Waals surface area (Å²) in [4.78, 5) is 14.0. The minimum absolute atomic E-state index is 0.00413. The van der Waals surface area contributed by atoms with Gasteiger partial charge >= 0.3 is 0 Å². The van der Waals surface area contributed by atoms with Crippen molar-refractivity contribution < 1.29 is 9.53 Å². The second-order valence-corrected chi connectivity index (χ2v) is 5.39. The maximum Gasteiger partial charge on any atom is 0.264 e. The number of hydrogen-bond acceptors (Lipinski definition) is 3. The highest BCUT2D eigenvalue weighted by Crippen LogP contribution is 2.32. The average Bonchev–Trinajstić information content (AvgIpc) is 2.79. The molecule has 1 aromatic carbocycles. The van der Waals surface area contributed by atoms with Crippen LogP contribution in [0.2, 0.25) is 0 Å². The van der Waals surface area contributed by atoms with Gasteiger partial charge in [-0.3, -0.25) is 4.79 Å². The van der Waals surface area contributed by atoms with Crippen LogP contribution in [0.1, 0.15) is 23.6 Å². The molecular weight excluding hydrogens is 240 g/mol. The van der Waals surface area contributed by atoms with E-state index >= 15 is 0 Å². The van der Waals surface area contributed by atoms with Gasteiger partial charge in [0.25, 0.3) is 5.91 Å². The molecular formula is C15H22N2O2. The van der Waals surface area contributed by atoms with Crippen molar-refractivity contribution in [1.82, 2.24) is 4.90 Å². The number of nitrogens with zero attached hydrogens (tertiary/aromatic N) is 1. The Hall–Kier alpha value is -1.55. The van der Waals surface area contributed by atoms with Crippen molar-refractivity contribution in [3.05, 3.63) is 28.8 Å². The van der Waals surface area contributed by atoms with Gasteiger partial charge in [0.05, 0.1) is 0 Å². The molecule has 19 heavy (non-hydrogen) atoms. The molecule has 2 unspecified atom stereocenters. The number of carbonyl (C=O) groups excluding carboxylic acids is 1. The molecule has 1 aliphatic heterocycles.